The summed E-state index contributed by atoms with van der Waals surface area (Å²) in [6.45, 7) is -0.741. The van der Waals surface area contributed by atoms with Gasteiger partial charge in [-0.05, 0) is 53.1 Å². The summed E-state index contributed by atoms with van der Waals surface area (Å²) in [5.74, 6) is 1.03. The number of carbonyl (C=O) groups is 1. The average molecular weight is 708 g/mol. The second-order valence-electron chi connectivity index (χ2n) is 12.4. The number of aliphatic hydroxyl groups excluding tert-OH is 1. The molecule has 4 aromatic carbocycles. The van der Waals surface area contributed by atoms with Gasteiger partial charge in [0.2, 0.25) is 0 Å². The number of amides is 1. The van der Waals surface area contributed by atoms with Crippen molar-refractivity contribution in [2.24, 2.45) is 0 Å². The third-order valence-corrected chi connectivity index (χ3v) is 9.42. The second-order valence-corrected chi connectivity index (χ2v) is 12.4. The molecule has 5 aromatic rings. The van der Waals surface area contributed by atoms with E-state index in [1.165, 1.54) is 6.20 Å². The predicted molar refractivity (Wildman–Crippen MR) is 187 cm³/mol. The molecule has 2 saturated heterocycles. The van der Waals surface area contributed by atoms with Crippen molar-refractivity contribution in [1.82, 2.24) is 14.6 Å². The van der Waals surface area contributed by atoms with E-state index in [1.54, 1.807) is 87.0 Å². The molecule has 0 saturated carbocycles. The molecular weight excluding hydrogens is 670 g/mol. The number of aromatic nitrogens is 2. The largest absolute Gasteiger partial charge is 0.497 e. The SMILES string of the molecule is COc1ccc(C(OCc2ccccc2)(c2ccc(OC)cc2)C23CN(C(=O)COc4ccccc4)OC(C(n4ccc(=O)[nH]c4=O)O2)C3O)cc1. The van der Waals surface area contributed by atoms with Crippen molar-refractivity contribution in [3.8, 4) is 17.2 Å². The maximum absolute atomic E-state index is 14.0. The fraction of sp³-hybridized carbons (Fsp3) is 0.256. The third kappa shape index (κ3) is 6.24. The molecule has 7 rings (SSSR count). The van der Waals surface area contributed by atoms with Gasteiger partial charge in [0.05, 0.1) is 27.4 Å². The van der Waals surface area contributed by atoms with Gasteiger partial charge in [0.15, 0.2) is 30.1 Å². The Bertz CT molecular complexity index is 2060. The fourth-order valence-corrected chi connectivity index (χ4v) is 6.90. The van der Waals surface area contributed by atoms with Crippen molar-refractivity contribution in [2.75, 3.05) is 27.4 Å². The summed E-state index contributed by atoms with van der Waals surface area (Å²) < 4.78 is 32.0. The third-order valence-electron chi connectivity index (χ3n) is 9.42. The Balaban J connectivity index is 1.44. The maximum atomic E-state index is 14.0. The van der Waals surface area contributed by atoms with Crippen molar-refractivity contribution in [2.45, 2.75) is 36.2 Å². The van der Waals surface area contributed by atoms with E-state index < -0.39 is 53.4 Å². The molecule has 1 amide bonds. The molecule has 0 aliphatic carbocycles. The minimum Gasteiger partial charge on any atom is -0.497 e. The Morgan fingerprint density at radius 3 is 2.02 bits per heavy atom. The van der Waals surface area contributed by atoms with Crippen molar-refractivity contribution >= 4 is 5.91 Å². The summed E-state index contributed by atoms with van der Waals surface area (Å²) in [5, 5.41) is 13.7. The van der Waals surface area contributed by atoms with Gasteiger partial charge >= 0.3 is 5.69 Å². The highest BCUT2D eigenvalue weighted by Gasteiger charge is 2.72. The number of rotatable bonds is 12. The van der Waals surface area contributed by atoms with E-state index in [0.29, 0.717) is 28.4 Å². The molecular formula is C39H37N3O10. The number of hydrogen-bond acceptors (Lipinski definition) is 10. The van der Waals surface area contributed by atoms with E-state index in [4.69, 9.17) is 28.5 Å². The summed E-state index contributed by atoms with van der Waals surface area (Å²) in [7, 11) is 3.10. The normalized spacial score (nSPS) is 21.1. The first-order valence-electron chi connectivity index (χ1n) is 16.6. The van der Waals surface area contributed by atoms with E-state index in [1.807, 2.05) is 36.4 Å². The number of nitrogens with one attached hydrogen (secondary N) is 1. The van der Waals surface area contributed by atoms with Crippen molar-refractivity contribution in [3.05, 3.63) is 159 Å². The van der Waals surface area contributed by atoms with Gasteiger partial charge in [0.25, 0.3) is 11.5 Å². The van der Waals surface area contributed by atoms with Crippen LogP contribution in [0, 0.1) is 0 Å². The highest BCUT2D eigenvalue weighted by Crippen LogP contribution is 2.57. The lowest BCUT2D eigenvalue weighted by atomic mass is 9.68. The van der Waals surface area contributed by atoms with Gasteiger partial charge in [-0.1, -0.05) is 72.8 Å². The van der Waals surface area contributed by atoms with Crippen LogP contribution in [0.4, 0.5) is 0 Å². The molecule has 13 heteroatoms. The van der Waals surface area contributed by atoms with Gasteiger partial charge in [-0.15, -0.1) is 0 Å². The zero-order valence-corrected chi connectivity index (χ0v) is 28.4. The summed E-state index contributed by atoms with van der Waals surface area (Å²) in [6.07, 6.45) is -2.93. The molecule has 2 fully saturated rings. The standard InChI is InChI=1S/C39H37N3O10/c1-47-29-17-13-27(14-18-29)39(28-15-19-30(48-2)20-16-28,50-23-26-9-5-3-6-10-26)38-25-42(33(44)24-49-31-11-7-4-8-12-31)52-34(35(38)45)36(51-38)41-22-21-32(43)40-37(41)46/h3-22,34-36,45H,23-25H2,1-2H3,(H,40,43,46). The lowest BCUT2D eigenvalue weighted by molar-refractivity contribution is -0.289. The Morgan fingerprint density at radius 1 is 0.846 bits per heavy atom. The van der Waals surface area contributed by atoms with E-state index in [9.17, 15) is 19.5 Å². The Kier molecular flexibility index (Phi) is 9.67. The van der Waals surface area contributed by atoms with Crippen LogP contribution in [0.3, 0.4) is 0 Å². The number of methoxy groups -OCH3 is 2. The van der Waals surface area contributed by atoms with E-state index in [2.05, 4.69) is 4.98 Å². The van der Waals surface area contributed by atoms with Crippen LogP contribution in [0.2, 0.25) is 0 Å². The molecule has 3 heterocycles. The molecule has 4 atom stereocenters. The fourth-order valence-electron chi connectivity index (χ4n) is 6.90. The minimum absolute atomic E-state index is 0.0383. The minimum atomic E-state index is -1.86. The highest BCUT2D eigenvalue weighted by molar-refractivity contribution is 5.77. The summed E-state index contributed by atoms with van der Waals surface area (Å²) in [4.78, 5) is 47.8. The van der Waals surface area contributed by atoms with Crippen LogP contribution >= 0.6 is 0 Å². The Labute approximate surface area is 298 Å². The molecule has 52 heavy (non-hydrogen) atoms. The Morgan fingerprint density at radius 2 is 1.44 bits per heavy atom. The molecule has 2 N–H and O–H groups in total. The molecule has 4 unspecified atom stereocenters. The first-order valence-corrected chi connectivity index (χ1v) is 16.6. The van der Waals surface area contributed by atoms with Gasteiger partial charge in [0, 0.05) is 12.3 Å². The Hall–Kier alpha value is -5.73. The van der Waals surface area contributed by atoms with Gasteiger partial charge < -0.3 is 28.8 Å². The van der Waals surface area contributed by atoms with Crippen molar-refractivity contribution in [3.63, 3.8) is 0 Å². The highest BCUT2D eigenvalue weighted by atomic mass is 16.7. The van der Waals surface area contributed by atoms with E-state index >= 15 is 0 Å². The molecule has 1 aromatic heterocycles. The average Bonchev–Trinajstić information content (AvgIpc) is 3.32. The first kappa shape index (κ1) is 34.7. The van der Waals surface area contributed by atoms with Gasteiger partial charge in [0.1, 0.15) is 23.4 Å². The number of nitrogens with zero attached hydrogens (tertiary/aromatic N) is 2. The molecule has 0 radical (unpaired) electrons. The van der Waals surface area contributed by atoms with Gasteiger partial charge in [-0.25, -0.2) is 9.86 Å². The second kappa shape index (κ2) is 14.5. The number of H-pyrrole nitrogens is 1. The van der Waals surface area contributed by atoms with Crippen molar-refractivity contribution < 1.29 is 38.4 Å². The zero-order valence-electron chi connectivity index (χ0n) is 28.4. The van der Waals surface area contributed by atoms with Crippen LogP contribution in [0.15, 0.2) is 131 Å². The van der Waals surface area contributed by atoms with E-state index in [-0.39, 0.29) is 13.2 Å². The number of ether oxygens (including phenoxy) is 5. The predicted octanol–water partition coefficient (Wildman–Crippen LogP) is 3.56. The van der Waals surface area contributed by atoms with Crippen LogP contribution in [0.1, 0.15) is 22.9 Å². The zero-order chi connectivity index (χ0) is 36.3. The van der Waals surface area contributed by atoms with Gasteiger partial charge in [-0.3, -0.25) is 24.0 Å². The summed E-state index contributed by atoms with van der Waals surface area (Å²) >= 11 is 0. The van der Waals surface area contributed by atoms with E-state index in [0.717, 1.165) is 21.3 Å². The van der Waals surface area contributed by atoms with Crippen molar-refractivity contribution in [1.29, 1.82) is 0 Å². The quantitative estimate of drug-likeness (QED) is 0.197. The lowest BCUT2D eigenvalue weighted by Gasteiger charge is -2.52. The van der Waals surface area contributed by atoms with Crippen LogP contribution in [-0.2, 0) is 31.3 Å². The molecule has 2 aliphatic rings. The molecule has 0 spiro atoms. The summed E-state index contributed by atoms with van der Waals surface area (Å²) in [5.41, 5.74) is -3.10. The molecule has 13 nitrogen and oxygen atoms in total. The smallest absolute Gasteiger partial charge is 0.330 e. The number of aliphatic hydroxyl groups is 1. The number of fused-ring (bicyclic) bond motifs is 2. The molecule has 2 aliphatic heterocycles. The number of aromatic amines is 1. The number of hydrogen-bond donors (Lipinski definition) is 2. The lowest BCUT2D eigenvalue weighted by Crippen LogP contribution is -2.69. The van der Waals surface area contributed by atoms with Crippen LogP contribution in [0.25, 0.3) is 0 Å². The van der Waals surface area contributed by atoms with Crippen LogP contribution in [-0.4, -0.2) is 70.8 Å². The molecule has 2 bridgehead atoms. The number of carbonyl (C=O) groups excluding carboxylic acids is 1. The van der Waals surface area contributed by atoms with Crippen LogP contribution < -0.4 is 25.5 Å². The monoisotopic (exact) mass is 707 g/mol. The first-order chi connectivity index (χ1) is 25.3. The number of benzene rings is 4. The maximum Gasteiger partial charge on any atom is 0.330 e. The van der Waals surface area contributed by atoms with Crippen LogP contribution in [0.5, 0.6) is 17.2 Å². The number of hydroxylamine groups is 2. The topological polar surface area (TPSA) is 151 Å². The molecule has 268 valence electrons. The summed E-state index contributed by atoms with van der Waals surface area (Å²) in [6, 6.07) is 33.7. The van der Waals surface area contributed by atoms with Gasteiger partial charge in [-0.2, -0.15) is 0 Å². The number of para-hydroxylation sites is 1.